The molecule has 1 aliphatic heterocycles. The first-order chi connectivity index (χ1) is 11.0. The van der Waals surface area contributed by atoms with Gasteiger partial charge in [0.2, 0.25) is 0 Å². The molecule has 0 saturated carbocycles. The number of aromatic nitrogens is 1. The molecular formula is C15H8F2N2O4. The van der Waals surface area contributed by atoms with E-state index in [0.29, 0.717) is 5.06 Å². The fraction of sp³-hybridized carbons (Fsp3) is 0.0667. The van der Waals surface area contributed by atoms with Gasteiger partial charge in [-0.25, -0.2) is 13.6 Å². The van der Waals surface area contributed by atoms with Crippen LogP contribution in [0.1, 0.15) is 43.2 Å². The van der Waals surface area contributed by atoms with Crippen molar-refractivity contribution in [2.45, 2.75) is 6.43 Å². The third-order valence-corrected chi connectivity index (χ3v) is 3.18. The molecule has 0 N–H and O–H groups in total. The summed E-state index contributed by atoms with van der Waals surface area (Å²) in [7, 11) is 0. The van der Waals surface area contributed by atoms with Gasteiger partial charge in [-0.2, -0.15) is 0 Å². The Morgan fingerprint density at radius 2 is 1.65 bits per heavy atom. The van der Waals surface area contributed by atoms with Crippen LogP contribution in [0.2, 0.25) is 0 Å². The van der Waals surface area contributed by atoms with Gasteiger partial charge in [-0.15, -0.1) is 0 Å². The molecule has 0 radical (unpaired) electrons. The molecule has 23 heavy (non-hydrogen) atoms. The molecule has 0 fully saturated rings. The maximum absolute atomic E-state index is 12.4. The van der Waals surface area contributed by atoms with E-state index >= 15 is 0 Å². The number of pyridine rings is 1. The molecule has 8 heteroatoms. The van der Waals surface area contributed by atoms with E-state index in [-0.39, 0.29) is 16.7 Å². The Kier molecular flexibility index (Phi) is 3.57. The number of fused-ring (bicyclic) bond motifs is 1. The lowest BCUT2D eigenvalue weighted by molar-refractivity contribution is -0.0584. The van der Waals surface area contributed by atoms with Crippen LogP contribution < -0.4 is 0 Å². The van der Waals surface area contributed by atoms with Gasteiger partial charge in [0.05, 0.1) is 16.7 Å². The summed E-state index contributed by atoms with van der Waals surface area (Å²) in [6, 6.07) is 8.05. The highest BCUT2D eigenvalue weighted by atomic mass is 19.3. The van der Waals surface area contributed by atoms with Crippen molar-refractivity contribution < 1.29 is 28.0 Å². The molecule has 6 nitrogen and oxygen atoms in total. The zero-order chi connectivity index (χ0) is 16.6. The highest BCUT2D eigenvalue weighted by molar-refractivity contribution is 6.21. The predicted octanol–water partition coefficient (Wildman–Crippen LogP) is 2.39. The normalized spacial score (nSPS) is 13.4. The number of benzene rings is 1. The van der Waals surface area contributed by atoms with E-state index in [4.69, 9.17) is 4.84 Å². The standard InChI is InChI=1S/C15H8F2N2O4/c16-12(17)11-6-5-8(7-18-11)15(22)23-19-13(20)9-3-1-2-4-10(9)14(19)21/h1-7,12H. The summed E-state index contributed by atoms with van der Waals surface area (Å²) in [5.74, 6) is -2.58. The van der Waals surface area contributed by atoms with Crippen molar-refractivity contribution in [2.75, 3.05) is 0 Å². The molecule has 2 amide bonds. The van der Waals surface area contributed by atoms with Gasteiger partial charge in [-0.3, -0.25) is 14.6 Å². The van der Waals surface area contributed by atoms with E-state index in [1.807, 2.05) is 0 Å². The molecule has 1 aromatic heterocycles. The Hall–Kier alpha value is -3.16. The van der Waals surface area contributed by atoms with Gasteiger partial charge >= 0.3 is 5.97 Å². The summed E-state index contributed by atoms with van der Waals surface area (Å²) in [6.45, 7) is 0. The first-order valence-electron chi connectivity index (χ1n) is 6.43. The largest absolute Gasteiger partial charge is 0.365 e. The number of rotatable bonds is 3. The average molecular weight is 318 g/mol. The van der Waals surface area contributed by atoms with Crippen molar-refractivity contribution in [3.05, 3.63) is 65.0 Å². The lowest BCUT2D eigenvalue weighted by atomic mass is 10.1. The van der Waals surface area contributed by atoms with E-state index in [0.717, 1.165) is 18.3 Å². The van der Waals surface area contributed by atoms with E-state index < -0.39 is 29.9 Å². The monoisotopic (exact) mass is 318 g/mol. The SMILES string of the molecule is O=C(ON1C(=O)c2ccccc2C1=O)c1ccc(C(F)F)nc1. The lowest BCUT2D eigenvalue weighted by Crippen LogP contribution is -2.32. The zero-order valence-corrected chi connectivity index (χ0v) is 11.4. The maximum Gasteiger partial charge on any atom is 0.365 e. The van der Waals surface area contributed by atoms with Crippen LogP contribution in [-0.4, -0.2) is 27.8 Å². The van der Waals surface area contributed by atoms with Crippen LogP contribution in [0.25, 0.3) is 0 Å². The highest BCUT2D eigenvalue weighted by Crippen LogP contribution is 2.23. The topological polar surface area (TPSA) is 76.6 Å². The number of hydrogen-bond donors (Lipinski definition) is 0. The van der Waals surface area contributed by atoms with Crippen LogP contribution in [0.15, 0.2) is 42.6 Å². The number of nitrogens with zero attached hydrogens (tertiary/aromatic N) is 2. The molecule has 3 rings (SSSR count). The second kappa shape index (κ2) is 5.56. The molecule has 0 saturated heterocycles. The van der Waals surface area contributed by atoms with Crippen molar-refractivity contribution in [3.8, 4) is 0 Å². The molecule has 2 heterocycles. The zero-order valence-electron chi connectivity index (χ0n) is 11.4. The number of carbonyl (C=O) groups excluding carboxylic acids is 3. The summed E-state index contributed by atoms with van der Waals surface area (Å²) in [6.07, 6.45) is -1.88. The second-order valence-electron chi connectivity index (χ2n) is 4.60. The summed E-state index contributed by atoms with van der Waals surface area (Å²) in [4.78, 5) is 44.2. The molecule has 0 aliphatic carbocycles. The molecule has 0 atom stereocenters. The third kappa shape index (κ3) is 2.54. The van der Waals surface area contributed by atoms with E-state index in [1.165, 1.54) is 12.1 Å². The fourth-order valence-electron chi connectivity index (χ4n) is 2.04. The molecule has 1 aromatic carbocycles. The number of imide groups is 1. The van der Waals surface area contributed by atoms with Crippen molar-refractivity contribution in [1.29, 1.82) is 0 Å². The van der Waals surface area contributed by atoms with E-state index in [2.05, 4.69) is 4.98 Å². The summed E-state index contributed by atoms with van der Waals surface area (Å²) < 4.78 is 24.8. The first kappa shape index (κ1) is 14.8. The number of amides is 2. The smallest absolute Gasteiger partial charge is 0.324 e. The van der Waals surface area contributed by atoms with Gasteiger partial charge in [0.15, 0.2) is 0 Å². The van der Waals surface area contributed by atoms with E-state index in [1.54, 1.807) is 12.1 Å². The molecule has 2 aromatic rings. The van der Waals surface area contributed by atoms with Crippen LogP contribution in [0.5, 0.6) is 0 Å². The Morgan fingerprint density at radius 3 is 2.13 bits per heavy atom. The van der Waals surface area contributed by atoms with Crippen LogP contribution in [0.3, 0.4) is 0 Å². The number of hydroxylamine groups is 2. The maximum atomic E-state index is 12.4. The van der Waals surface area contributed by atoms with Crippen LogP contribution in [-0.2, 0) is 4.84 Å². The van der Waals surface area contributed by atoms with Gasteiger partial charge in [-0.1, -0.05) is 17.2 Å². The van der Waals surface area contributed by atoms with Gasteiger partial charge in [0.1, 0.15) is 5.69 Å². The fourth-order valence-corrected chi connectivity index (χ4v) is 2.04. The van der Waals surface area contributed by atoms with Crippen molar-refractivity contribution in [3.63, 3.8) is 0 Å². The molecule has 1 aliphatic rings. The van der Waals surface area contributed by atoms with Crippen molar-refractivity contribution >= 4 is 17.8 Å². The Labute approximate surface area is 128 Å². The molecule has 0 unspecified atom stereocenters. The van der Waals surface area contributed by atoms with E-state index in [9.17, 15) is 23.2 Å². The van der Waals surface area contributed by atoms with Gasteiger partial charge < -0.3 is 4.84 Å². The minimum atomic E-state index is -2.77. The van der Waals surface area contributed by atoms with Crippen molar-refractivity contribution in [2.24, 2.45) is 0 Å². The molecule has 116 valence electrons. The van der Waals surface area contributed by atoms with Gasteiger partial charge in [0.25, 0.3) is 18.2 Å². The minimum Gasteiger partial charge on any atom is -0.324 e. The summed E-state index contributed by atoms with van der Waals surface area (Å²) in [5.41, 5.74) is -0.416. The molecule has 0 bridgehead atoms. The quantitative estimate of drug-likeness (QED) is 0.812. The third-order valence-electron chi connectivity index (χ3n) is 3.18. The number of hydrogen-bond acceptors (Lipinski definition) is 5. The Balaban J connectivity index is 1.79. The number of alkyl halides is 2. The van der Waals surface area contributed by atoms with Crippen molar-refractivity contribution in [1.82, 2.24) is 10.0 Å². The summed E-state index contributed by atoms with van der Waals surface area (Å²) >= 11 is 0. The molecule has 0 spiro atoms. The first-order valence-corrected chi connectivity index (χ1v) is 6.43. The van der Waals surface area contributed by atoms with Gasteiger partial charge in [-0.05, 0) is 24.3 Å². The Bertz CT molecular complexity index is 770. The molecular weight excluding hydrogens is 310 g/mol. The number of halogens is 2. The number of carbonyl (C=O) groups is 3. The lowest BCUT2D eigenvalue weighted by Gasteiger charge is -2.12. The highest BCUT2D eigenvalue weighted by Gasteiger charge is 2.38. The Morgan fingerprint density at radius 1 is 1.04 bits per heavy atom. The predicted molar refractivity (Wildman–Crippen MR) is 71.6 cm³/mol. The second-order valence-corrected chi connectivity index (χ2v) is 4.60. The van der Waals surface area contributed by atoms with Gasteiger partial charge in [0, 0.05) is 6.20 Å². The average Bonchev–Trinajstić information content (AvgIpc) is 2.80. The minimum absolute atomic E-state index is 0.122. The van der Waals surface area contributed by atoms with Crippen LogP contribution in [0, 0.1) is 0 Å². The van der Waals surface area contributed by atoms with Crippen LogP contribution >= 0.6 is 0 Å². The van der Waals surface area contributed by atoms with Crippen LogP contribution in [0.4, 0.5) is 8.78 Å². The summed E-state index contributed by atoms with van der Waals surface area (Å²) in [5, 5.41) is 0.341.